The fourth-order valence-electron chi connectivity index (χ4n) is 3.53. The average molecular weight is 461 g/mol. The first-order valence-corrected chi connectivity index (χ1v) is 10.5. The number of ether oxygens (including phenoxy) is 2. The number of nitrogens with zero attached hydrogens (tertiary/aromatic N) is 2. The molecular formula is C25H23N3O6. The maximum absolute atomic E-state index is 12.9. The van der Waals surface area contributed by atoms with E-state index in [1.807, 2.05) is 18.2 Å². The van der Waals surface area contributed by atoms with Crippen LogP contribution in [-0.4, -0.2) is 30.0 Å². The molecule has 1 heterocycles. The van der Waals surface area contributed by atoms with Gasteiger partial charge in [0.2, 0.25) is 5.89 Å². The van der Waals surface area contributed by atoms with Gasteiger partial charge in [-0.2, -0.15) is 0 Å². The Bertz CT molecular complexity index is 1390. The number of nitrogens with one attached hydrogen (secondary N) is 1. The second-order valence-electron chi connectivity index (χ2n) is 7.91. The quantitative estimate of drug-likeness (QED) is 0.273. The minimum absolute atomic E-state index is 0.0673. The molecule has 0 spiro atoms. The van der Waals surface area contributed by atoms with Crippen molar-refractivity contribution in [1.29, 1.82) is 0 Å². The lowest BCUT2D eigenvalue weighted by atomic mass is 10.0. The highest BCUT2D eigenvalue weighted by molar-refractivity contribution is 6.06. The molecule has 174 valence electrons. The van der Waals surface area contributed by atoms with E-state index in [9.17, 15) is 14.9 Å². The molecule has 0 aliphatic carbocycles. The number of carbonyl (C=O) groups is 1. The van der Waals surface area contributed by atoms with E-state index in [1.54, 1.807) is 18.2 Å². The normalized spacial score (nSPS) is 11.0. The summed E-state index contributed by atoms with van der Waals surface area (Å²) in [5.74, 6) is 0.701. The molecule has 34 heavy (non-hydrogen) atoms. The lowest BCUT2D eigenvalue weighted by Crippen LogP contribution is -2.13. The van der Waals surface area contributed by atoms with Gasteiger partial charge in [-0.25, -0.2) is 4.98 Å². The standard InChI is InChI=1S/C25H23N3O6/c1-14(2)15-5-9-22-19(11-15)27-25(34-22)17-7-8-21(32-3)18(12-17)26-24(29)16-6-10-23(33-4)20(13-16)28(30)31/h5-14H,1-4H3,(H,26,29). The summed E-state index contributed by atoms with van der Waals surface area (Å²) in [7, 11) is 2.81. The van der Waals surface area contributed by atoms with E-state index in [0.717, 1.165) is 17.1 Å². The molecule has 0 aliphatic rings. The first kappa shape index (κ1) is 22.8. The highest BCUT2D eigenvalue weighted by atomic mass is 16.6. The Kier molecular flexibility index (Phi) is 6.18. The van der Waals surface area contributed by atoms with Crippen LogP contribution in [0.3, 0.4) is 0 Å². The van der Waals surface area contributed by atoms with E-state index in [1.165, 1.54) is 26.4 Å². The predicted octanol–water partition coefficient (Wildman–Crippen LogP) is 5.80. The second-order valence-corrected chi connectivity index (χ2v) is 7.91. The first-order valence-electron chi connectivity index (χ1n) is 10.5. The lowest BCUT2D eigenvalue weighted by Gasteiger charge is -2.12. The van der Waals surface area contributed by atoms with Crippen LogP contribution in [0.15, 0.2) is 59.0 Å². The highest BCUT2D eigenvalue weighted by Gasteiger charge is 2.20. The molecule has 9 heteroatoms. The number of aromatic nitrogens is 1. The van der Waals surface area contributed by atoms with Gasteiger partial charge in [0.25, 0.3) is 5.91 Å². The zero-order chi connectivity index (χ0) is 24.4. The molecule has 0 atom stereocenters. The van der Waals surface area contributed by atoms with Crippen molar-refractivity contribution in [2.75, 3.05) is 19.5 Å². The third kappa shape index (κ3) is 4.40. The zero-order valence-corrected chi connectivity index (χ0v) is 19.1. The first-order chi connectivity index (χ1) is 16.3. The Hall–Kier alpha value is -4.40. The van der Waals surface area contributed by atoms with Gasteiger partial charge in [0, 0.05) is 17.2 Å². The van der Waals surface area contributed by atoms with Crippen molar-refractivity contribution in [3.63, 3.8) is 0 Å². The van der Waals surface area contributed by atoms with Crippen molar-refractivity contribution in [2.45, 2.75) is 19.8 Å². The van der Waals surface area contributed by atoms with E-state index < -0.39 is 10.8 Å². The summed E-state index contributed by atoms with van der Waals surface area (Å²) in [4.78, 5) is 28.2. The minimum atomic E-state index is -0.602. The molecule has 0 aliphatic heterocycles. The Morgan fingerprint density at radius 3 is 2.44 bits per heavy atom. The molecule has 0 saturated carbocycles. The molecular weight excluding hydrogens is 438 g/mol. The van der Waals surface area contributed by atoms with Crippen molar-refractivity contribution in [2.24, 2.45) is 0 Å². The van der Waals surface area contributed by atoms with Crippen LogP contribution in [0.2, 0.25) is 0 Å². The van der Waals surface area contributed by atoms with Gasteiger partial charge in [-0.1, -0.05) is 19.9 Å². The molecule has 0 unspecified atom stereocenters. The van der Waals surface area contributed by atoms with Crippen molar-refractivity contribution >= 4 is 28.4 Å². The van der Waals surface area contributed by atoms with E-state index in [0.29, 0.717) is 34.4 Å². The van der Waals surface area contributed by atoms with E-state index >= 15 is 0 Å². The van der Waals surface area contributed by atoms with Gasteiger partial charge in [0.1, 0.15) is 11.3 Å². The SMILES string of the molecule is COc1ccc(-c2nc3cc(C(C)C)ccc3o2)cc1NC(=O)c1ccc(OC)c([N+](=O)[O-])c1. The molecule has 1 N–H and O–H groups in total. The molecule has 0 fully saturated rings. The van der Waals surface area contributed by atoms with Crippen LogP contribution in [0.25, 0.3) is 22.6 Å². The summed E-state index contributed by atoms with van der Waals surface area (Å²) >= 11 is 0. The molecule has 3 aromatic carbocycles. The lowest BCUT2D eigenvalue weighted by molar-refractivity contribution is -0.385. The Labute approximate surface area is 195 Å². The molecule has 4 aromatic rings. The highest BCUT2D eigenvalue weighted by Crippen LogP contribution is 2.33. The minimum Gasteiger partial charge on any atom is -0.495 e. The van der Waals surface area contributed by atoms with Gasteiger partial charge in [-0.15, -0.1) is 0 Å². The third-order valence-corrected chi connectivity index (χ3v) is 5.41. The van der Waals surface area contributed by atoms with Crippen molar-refractivity contribution in [3.8, 4) is 23.0 Å². The monoisotopic (exact) mass is 461 g/mol. The number of methoxy groups -OCH3 is 2. The van der Waals surface area contributed by atoms with Crippen LogP contribution in [0.5, 0.6) is 11.5 Å². The Balaban J connectivity index is 1.67. The number of carbonyl (C=O) groups excluding carboxylic acids is 1. The molecule has 0 bridgehead atoms. The number of nitro groups is 1. The van der Waals surface area contributed by atoms with E-state index in [2.05, 4.69) is 24.1 Å². The number of fused-ring (bicyclic) bond motifs is 1. The van der Waals surface area contributed by atoms with E-state index in [-0.39, 0.29) is 17.0 Å². The number of hydrogen-bond donors (Lipinski definition) is 1. The summed E-state index contributed by atoms with van der Waals surface area (Å²) < 4.78 is 16.3. The number of benzene rings is 3. The largest absolute Gasteiger partial charge is 0.495 e. The summed E-state index contributed by atoms with van der Waals surface area (Å²) in [6.07, 6.45) is 0. The van der Waals surface area contributed by atoms with Crippen LogP contribution in [0.1, 0.15) is 35.7 Å². The maximum atomic E-state index is 12.9. The third-order valence-electron chi connectivity index (χ3n) is 5.41. The van der Waals surface area contributed by atoms with Crippen LogP contribution in [-0.2, 0) is 0 Å². The van der Waals surface area contributed by atoms with Gasteiger partial charge in [0.15, 0.2) is 11.3 Å². The van der Waals surface area contributed by atoms with Crippen LogP contribution >= 0.6 is 0 Å². The molecule has 0 saturated heterocycles. The van der Waals surface area contributed by atoms with Crippen molar-refractivity contribution < 1.29 is 23.6 Å². The Morgan fingerprint density at radius 2 is 1.76 bits per heavy atom. The topological polar surface area (TPSA) is 117 Å². The number of nitro benzene ring substituents is 1. The average Bonchev–Trinajstić information content (AvgIpc) is 3.27. The molecule has 1 amide bonds. The summed E-state index contributed by atoms with van der Waals surface area (Å²) in [6, 6.07) is 15.0. The number of oxazole rings is 1. The fraction of sp³-hybridized carbons (Fsp3) is 0.200. The van der Waals surface area contributed by atoms with E-state index in [4.69, 9.17) is 13.9 Å². The van der Waals surface area contributed by atoms with Crippen LogP contribution in [0, 0.1) is 10.1 Å². The summed E-state index contributed by atoms with van der Waals surface area (Å²) in [5, 5.41) is 14.1. The fourth-order valence-corrected chi connectivity index (χ4v) is 3.53. The number of hydrogen-bond acceptors (Lipinski definition) is 7. The summed E-state index contributed by atoms with van der Waals surface area (Å²) in [6.45, 7) is 4.22. The smallest absolute Gasteiger partial charge is 0.311 e. The molecule has 1 aromatic heterocycles. The van der Waals surface area contributed by atoms with Gasteiger partial charge >= 0.3 is 5.69 Å². The van der Waals surface area contributed by atoms with Crippen molar-refractivity contribution in [3.05, 3.63) is 75.8 Å². The molecule has 4 rings (SSSR count). The van der Waals surface area contributed by atoms with Crippen LogP contribution in [0.4, 0.5) is 11.4 Å². The van der Waals surface area contributed by atoms with Crippen molar-refractivity contribution in [1.82, 2.24) is 4.98 Å². The van der Waals surface area contributed by atoms with Gasteiger partial charge < -0.3 is 19.2 Å². The number of rotatable bonds is 7. The maximum Gasteiger partial charge on any atom is 0.311 e. The van der Waals surface area contributed by atoms with Gasteiger partial charge in [0.05, 0.1) is 24.8 Å². The molecule has 9 nitrogen and oxygen atoms in total. The summed E-state index contributed by atoms with van der Waals surface area (Å²) in [5.41, 5.74) is 3.36. The number of anilines is 1. The predicted molar refractivity (Wildman–Crippen MR) is 128 cm³/mol. The second kappa shape index (κ2) is 9.22. The number of amides is 1. The molecule has 0 radical (unpaired) electrons. The zero-order valence-electron chi connectivity index (χ0n) is 19.1. The van der Waals surface area contributed by atoms with Gasteiger partial charge in [-0.3, -0.25) is 14.9 Å². The van der Waals surface area contributed by atoms with Gasteiger partial charge in [-0.05, 0) is 53.9 Å². The van der Waals surface area contributed by atoms with Crippen LogP contribution < -0.4 is 14.8 Å². The Morgan fingerprint density at radius 1 is 1.03 bits per heavy atom.